The first-order chi connectivity index (χ1) is 13.6. The lowest BCUT2D eigenvalue weighted by molar-refractivity contribution is -0.385. The molecule has 2 aromatic rings. The molecular formula is C18H17ClN3O6S-. The molecule has 9 nitrogen and oxygen atoms in total. The molecule has 0 saturated carbocycles. The molecule has 0 spiro atoms. The average Bonchev–Trinajstić information content (AvgIpc) is 2.71. The van der Waals surface area contributed by atoms with Crippen LogP contribution in [0.4, 0.5) is 11.4 Å². The summed E-state index contributed by atoms with van der Waals surface area (Å²) in [5.74, 6) is 2.30. The minimum absolute atomic E-state index is 0. The standard InChI is InChI=1S/C18H17N3O6S.ClH/c19-18(20-13-1-2-15-16(7-13)26-4-3-25-15)28-9-12-6-14(21(22)23)5-11-8-24-10-27-17(11)12;/h1-2,5-7H,3-4,8-10H2,(H2,19,20);1H/p-1. The number of hydrogen-bond donors (Lipinski definition) is 1. The van der Waals surface area contributed by atoms with Gasteiger partial charge in [0.2, 0.25) is 0 Å². The van der Waals surface area contributed by atoms with Crippen LogP contribution in [0.2, 0.25) is 0 Å². The van der Waals surface area contributed by atoms with Crippen molar-refractivity contribution in [2.75, 3.05) is 20.0 Å². The molecule has 0 atom stereocenters. The molecule has 0 fully saturated rings. The van der Waals surface area contributed by atoms with Gasteiger partial charge in [0, 0.05) is 35.1 Å². The summed E-state index contributed by atoms with van der Waals surface area (Å²) in [7, 11) is 0. The van der Waals surface area contributed by atoms with Crippen LogP contribution in [0.15, 0.2) is 35.3 Å². The number of aliphatic imine (C=N–C) groups is 1. The molecule has 0 aliphatic carbocycles. The lowest BCUT2D eigenvalue weighted by Crippen LogP contribution is -3.00. The van der Waals surface area contributed by atoms with Crippen LogP contribution in [0.3, 0.4) is 0 Å². The number of benzene rings is 2. The third-order valence-electron chi connectivity index (χ3n) is 4.12. The molecule has 0 amide bonds. The first-order valence-electron chi connectivity index (χ1n) is 8.47. The summed E-state index contributed by atoms with van der Waals surface area (Å²) in [5.41, 5.74) is 8.01. The molecule has 2 heterocycles. The SMILES string of the molecule is NC(=Nc1ccc2c(c1)OCCO2)SCc1cc([N+](=O)[O-])cc2c1OCOC2.[Cl-]. The van der Waals surface area contributed by atoms with Crippen molar-refractivity contribution >= 4 is 28.3 Å². The highest BCUT2D eigenvalue weighted by molar-refractivity contribution is 8.13. The Hall–Kier alpha value is -2.69. The van der Waals surface area contributed by atoms with Crippen LogP contribution >= 0.6 is 11.8 Å². The summed E-state index contributed by atoms with van der Waals surface area (Å²) >= 11 is 1.27. The number of nitrogens with zero attached hydrogens (tertiary/aromatic N) is 2. The Morgan fingerprint density at radius 3 is 2.76 bits per heavy atom. The van der Waals surface area contributed by atoms with E-state index in [0.29, 0.717) is 58.2 Å². The molecule has 2 aliphatic rings. The summed E-state index contributed by atoms with van der Waals surface area (Å²) in [6, 6.07) is 8.30. The number of nitro groups is 1. The van der Waals surface area contributed by atoms with Crippen LogP contribution < -0.4 is 32.4 Å². The number of rotatable bonds is 4. The quantitative estimate of drug-likeness (QED) is 0.309. The number of thioether (sulfide) groups is 1. The molecule has 29 heavy (non-hydrogen) atoms. The highest BCUT2D eigenvalue weighted by Crippen LogP contribution is 2.36. The molecule has 2 N–H and O–H groups in total. The van der Waals surface area contributed by atoms with Gasteiger partial charge in [0.15, 0.2) is 23.5 Å². The van der Waals surface area contributed by atoms with E-state index in [1.807, 2.05) is 0 Å². The van der Waals surface area contributed by atoms with Gasteiger partial charge >= 0.3 is 0 Å². The number of fused-ring (bicyclic) bond motifs is 2. The lowest BCUT2D eigenvalue weighted by Gasteiger charge is -2.20. The van der Waals surface area contributed by atoms with E-state index in [4.69, 9.17) is 24.7 Å². The second kappa shape index (κ2) is 9.21. The summed E-state index contributed by atoms with van der Waals surface area (Å²) < 4.78 is 21.8. The van der Waals surface area contributed by atoms with Crippen molar-refractivity contribution in [2.45, 2.75) is 12.4 Å². The number of halogens is 1. The van der Waals surface area contributed by atoms with E-state index in [1.165, 1.54) is 23.9 Å². The van der Waals surface area contributed by atoms with Crippen molar-refractivity contribution in [2.24, 2.45) is 10.7 Å². The van der Waals surface area contributed by atoms with E-state index in [0.717, 1.165) is 0 Å². The number of nitro benzene ring substituents is 1. The zero-order chi connectivity index (χ0) is 19.5. The van der Waals surface area contributed by atoms with Crippen molar-refractivity contribution in [3.8, 4) is 17.2 Å². The van der Waals surface area contributed by atoms with Gasteiger partial charge in [-0.25, -0.2) is 4.99 Å². The van der Waals surface area contributed by atoms with E-state index in [-0.39, 0.29) is 31.5 Å². The number of non-ortho nitro benzene ring substituents is 1. The monoisotopic (exact) mass is 438 g/mol. The van der Waals surface area contributed by atoms with Crippen molar-refractivity contribution in [1.82, 2.24) is 0 Å². The van der Waals surface area contributed by atoms with Crippen molar-refractivity contribution in [3.63, 3.8) is 0 Å². The molecule has 0 radical (unpaired) electrons. The molecule has 2 aliphatic heterocycles. The number of ether oxygens (including phenoxy) is 4. The van der Waals surface area contributed by atoms with Gasteiger partial charge in [-0.1, -0.05) is 11.8 Å². The zero-order valence-electron chi connectivity index (χ0n) is 15.1. The number of hydrogen-bond acceptors (Lipinski definition) is 8. The molecule has 0 saturated heterocycles. The van der Waals surface area contributed by atoms with Gasteiger partial charge in [0.05, 0.1) is 17.2 Å². The van der Waals surface area contributed by atoms with Gasteiger partial charge in [-0.15, -0.1) is 0 Å². The van der Waals surface area contributed by atoms with E-state index in [9.17, 15) is 10.1 Å². The summed E-state index contributed by atoms with van der Waals surface area (Å²) in [4.78, 5) is 15.1. The summed E-state index contributed by atoms with van der Waals surface area (Å²) in [5, 5.41) is 11.5. The van der Waals surface area contributed by atoms with Gasteiger partial charge in [0.25, 0.3) is 5.69 Å². The molecule has 11 heteroatoms. The predicted octanol–water partition coefficient (Wildman–Crippen LogP) is 0.116. The molecule has 0 bridgehead atoms. The predicted molar refractivity (Wildman–Crippen MR) is 103 cm³/mol. The molecule has 0 unspecified atom stereocenters. The zero-order valence-corrected chi connectivity index (χ0v) is 16.7. The second-order valence-electron chi connectivity index (χ2n) is 6.03. The van der Waals surface area contributed by atoms with Gasteiger partial charge in [-0.3, -0.25) is 10.1 Å². The third-order valence-corrected chi connectivity index (χ3v) is 4.97. The fourth-order valence-electron chi connectivity index (χ4n) is 2.91. The van der Waals surface area contributed by atoms with E-state index < -0.39 is 4.92 Å². The van der Waals surface area contributed by atoms with E-state index in [1.54, 1.807) is 18.2 Å². The van der Waals surface area contributed by atoms with Crippen LogP contribution in [0.1, 0.15) is 11.1 Å². The second-order valence-corrected chi connectivity index (χ2v) is 7.02. The van der Waals surface area contributed by atoms with Crippen LogP contribution in [0, 0.1) is 10.1 Å². The van der Waals surface area contributed by atoms with Gasteiger partial charge in [0.1, 0.15) is 19.0 Å². The van der Waals surface area contributed by atoms with Crippen molar-refractivity contribution in [1.29, 1.82) is 0 Å². The Morgan fingerprint density at radius 1 is 1.17 bits per heavy atom. The first kappa shape index (κ1) is 21.0. The number of amidine groups is 1. The van der Waals surface area contributed by atoms with Crippen molar-refractivity contribution < 1.29 is 36.3 Å². The smallest absolute Gasteiger partial charge is 0.270 e. The molecular weight excluding hydrogens is 422 g/mol. The highest BCUT2D eigenvalue weighted by atomic mass is 35.5. The fourth-order valence-corrected chi connectivity index (χ4v) is 3.59. The first-order valence-corrected chi connectivity index (χ1v) is 9.46. The average molecular weight is 439 g/mol. The van der Waals surface area contributed by atoms with E-state index >= 15 is 0 Å². The molecule has 0 aromatic heterocycles. The van der Waals surface area contributed by atoms with Crippen LogP contribution in [-0.2, 0) is 17.1 Å². The van der Waals surface area contributed by atoms with Crippen molar-refractivity contribution in [3.05, 3.63) is 51.6 Å². The Bertz CT molecular complexity index is 955. The minimum Gasteiger partial charge on any atom is -1.00 e. The topological polar surface area (TPSA) is 118 Å². The molecule has 2 aromatic carbocycles. The van der Waals surface area contributed by atoms with Gasteiger partial charge in [-0.05, 0) is 12.1 Å². The summed E-state index contributed by atoms with van der Waals surface area (Å²) in [6.45, 7) is 1.40. The maximum atomic E-state index is 11.2. The van der Waals surface area contributed by atoms with Gasteiger partial charge in [-0.2, -0.15) is 0 Å². The van der Waals surface area contributed by atoms with Gasteiger partial charge < -0.3 is 37.1 Å². The Balaban J connectivity index is 0.00000240. The maximum absolute atomic E-state index is 11.2. The third kappa shape index (κ3) is 4.84. The van der Waals surface area contributed by atoms with Crippen LogP contribution in [0.25, 0.3) is 0 Å². The Morgan fingerprint density at radius 2 is 1.97 bits per heavy atom. The Labute approximate surface area is 176 Å². The highest BCUT2D eigenvalue weighted by Gasteiger charge is 2.21. The van der Waals surface area contributed by atoms with Crippen LogP contribution in [-0.4, -0.2) is 30.1 Å². The molecule has 154 valence electrons. The minimum atomic E-state index is -0.435. The van der Waals surface area contributed by atoms with E-state index in [2.05, 4.69) is 4.99 Å². The van der Waals surface area contributed by atoms with Crippen LogP contribution in [0.5, 0.6) is 17.2 Å². The maximum Gasteiger partial charge on any atom is 0.270 e. The molecule has 4 rings (SSSR count). The number of nitrogens with two attached hydrogens (primary N) is 1. The fraction of sp³-hybridized carbons (Fsp3) is 0.278. The normalized spacial score (nSPS) is 15.0. The largest absolute Gasteiger partial charge is 1.00 e. The lowest BCUT2D eigenvalue weighted by atomic mass is 10.1. The summed E-state index contributed by atoms with van der Waals surface area (Å²) in [6.07, 6.45) is 0. The Kier molecular flexibility index (Phi) is 6.68.